The van der Waals surface area contributed by atoms with Crippen LogP contribution in [0.1, 0.15) is 56.8 Å². The smallest absolute Gasteiger partial charge is 0.305 e. The Bertz CT molecular complexity index is 453. The molecular formula is C11H16F2N4O2. The highest BCUT2D eigenvalue weighted by Crippen LogP contribution is 2.40. The average Bonchev–Trinajstić information content (AvgIpc) is 2.77. The number of halogens is 2. The van der Waals surface area contributed by atoms with Crippen molar-refractivity contribution in [2.45, 2.75) is 56.9 Å². The molecule has 1 aromatic heterocycles. The van der Waals surface area contributed by atoms with Gasteiger partial charge in [0.1, 0.15) is 0 Å². The van der Waals surface area contributed by atoms with Crippen LogP contribution >= 0.6 is 0 Å². The Morgan fingerprint density at radius 3 is 2.74 bits per heavy atom. The van der Waals surface area contributed by atoms with Gasteiger partial charge in [-0.25, -0.2) is 13.5 Å². The minimum Gasteiger partial charge on any atom is -0.481 e. The first kappa shape index (κ1) is 13.8. The molecule has 1 aliphatic rings. The van der Waals surface area contributed by atoms with Crippen molar-refractivity contribution in [2.24, 2.45) is 0 Å². The number of carboxylic acid groups (broad SMARTS) is 1. The lowest BCUT2D eigenvalue weighted by Crippen LogP contribution is -2.26. The van der Waals surface area contributed by atoms with E-state index >= 15 is 0 Å². The molecule has 0 radical (unpaired) electrons. The quantitative estimate of drug-likeness (QED) is 0.908. The number of rotatable bonds is 4. The molecule has 1 unspecified atom stereocenters. The second-order valence-corrected chi connectivity index (χ2v) is 5.06. The minimum absolute atomic E-state index is 0.0963. The van der Waals surface area contributed by atoms with E-state index in [0.29, 0.717) is 18.7 Å². The molecule has 6 nitrogen and oxygen atoms in total. The predicted molar refractivity (Wildman–Crippen MR) is 60.9 cm³/mol. The molecule has 0 spiro atoms. The molecule has 106 valence electrons. The van der Waals surface area contributed by atoms with Crippen LogP contribution in [0.15, 0.2) is 0 Å². The zero-order valence-electron chi connectivity index (χ0n) is 10.6. The van der Waals surface area contributed by atoms with E-state index in [1.807, 2.05) is 0 Å². The van der Waals surface area contributed by atoms with E-state index in [1.165, 1.54) is 4.68 Å². The third kappa shape index (κ3) is 3.24. The number of aromatic nitrogens is 4. The van der Waals surface area contributed by atoms with Gasteiger partial charge < -0.3 is 5.11 Å². The summed E-state index contributed by atoms with van der Waals surface area (Å²) in [6.45, 7) is 1.70. The maximum absolute atomic E-state index is 13.1. The molecule has 1 N–H and O–H groups in total. The third-order valence-corrected chi connectivity index (χ3v) is 3.49. The lowest BCUT2D eigenvalue weighted by atomic mass is 9.86. The van der Waals surface area contributed by atoms with Gasteiger partial charge in [-0.2, -0.15) is 0 Å². The average molecular weight is 274 g/mol. The first-order valence-electron chi connectivity index (χ1n) is 6.26. The maximum Gasteiger partial charge on any atom is 0.305 e. The van der Waals surface area contributed by atoms with Crippen LogP contribution in [0.3, 0.4) is 0 Å². The largest absolute Gasteiger partial charge is 0.481 e. The molecule has 0 aromatic carbocycles. The molecule has 1 aliphatic carbocycles. The Balaban J connectivity index is 2.10. The number of nitrogens with zero attached hydrogens (tertiary/aromatic N) is 4. The van der Waals surface area contributed by atoms with Crippen molar-refractivity contribution in [3.05, 3.63) is 5.82 Å². The van der Waals surface area contributed by atoms with E-state index in [9.17, 15) is 13.6 Å². The summed E-state index contributed by atoms with van der Waals surface area (Å²) >= 11 is 0. The monoisotopic (exact) mass is 274 g/mol. The van der Waals surface area contributed by atoms with Gasteiger partial charge in [0.15, 0.2) is 5.82 Å². The summed E-state index contributed by atoms with van der Waals surface area (Å²) in [5.41, 5.74) is 0. The van der Waals surface area contributed by atoms with E-state index in [-0.39, 0.29) is 31.2 Å². The van der Waals surface area contributed by atoms with Gasteiger partial charge in [0.05, 0.1) is 12.5 Å². The van der Waals surface area contributed by atoms with Gasteiger partial charge in [-0.3, -0.25) is 4.79 Å². The fourth-order valence-corrected chi connectivity index (χ4v) is 2.42. The van der Waals surface area contributed by atoms with Gasteiger partial charge in [-0.1, -0.05) is 0 Å². The molecule has 1 fully saturated rings. The van der Waals surface area contributed by atoms with Crippen LogP contribution in [0.5, 0.6) is 0 Å². The van der Waals surface area contributed by atoms with Gasteiger partial charge in [-0.15, -0.1) is 5.10 Å². The summed E-state index contributed by atoms with van der Waals surface area (Å²) in [5.74, 6) is -3.14. The summed E-state index contributed by atoms with van der Waals surface area (Å²) in [6.07, 6.45) is 0.219. The zero-order valence-corrected chi connectivity index (χ0v) is 10.6. The van der Waals surface area contributed by atoms with Crippen molar-refractivity contribution in [2.75, 3.05) is 0 Å². The fraction of sp³-hybridized carbons (Fsp3) is 0.818. The molecule has 2 rings (SSSR count). The van der Waals surface area contributed by atoms with E-state index < -0.39 is 11.9 Å². The summed E-state index contributed by atoms with van der Waals surface area (Å²) < 4.78 is 27.7. The lowest BCUT2D eigenvalue weighted by Gasteiger charge is -2.27. The summed E-state index contributed by atoms with van der Waals surface area (Å²) in [6, 6.07) is -0.384. The molecule has 1 atom stereocenters. The Morgan fingerprint density at radius 1 is 1.53 bits per heavy atom. The van der Waals surface area contributed by atoms with Gasteiger partial charge in [0, 0.05) is 18.8 Å². The van der Waals surface area contributed by atoms with Crippen molar-refractivity contribution in [1.29, 1.82) is 0 Å². The van der Waals surface area contributed by atoms with Crippen LogP contribution in [0, 0.1) is 0 Å². The summed E-state index contributed by atoms with van der Waals surface area (Å²) in [5, 5.41) is 20.0. The number of carboxylic acids is 1. The van der Waals surface area contributed by atoms with Crippen LogP contribution < -0.4 is 0 Å². The van der Waals surface area contributed by atoms with Crippen molar-refractivity contribution in [3.8, 4) is 0 Å². The van der Waals surface area contributed by atoms with E-state index in [4.69, 9.17) is 5.11 Å². The van der Waals surface area contributed by atoms with Gasteiger partial charge in [0.2, 0.25) is 5.92 Å². The summed E-state index contributed by atoms with van der Waals surface area (Å²) in [4.78, 5) is 10.7. The molecule has 0 aliphatic heterocycles. The molecule has 1 saturated carbocycles. The van der Waals surface area contributed by atoms with Crippen molar-refractivity contribution in [1.82, 2.24) is 20.2 Å². The second-order valence-electron chi connectivity index (χ2n) is 5.06. The first-order chi connectivity index (χ1) is 8.89. The molecule has 8 heteroatoms. The van der Waals surface area contributed by atoms with Crippen molar-refractivity contribution >= 4 is 5.97 Å². The molecule has 1 heterocycles. The van der Waals surface area contributed by atoms with E-state index in [1.54, 1.807) is 6.92 Å². The molecule has 0 amide bonds. The SMILES string of the molecule is CC(CC(=O)O)n1nnnc1C1CCC(F)(F)CC1. The number of tetrazole rings is 1. The van der Waals surface area contributed by atoms with Gasteiger partial charge in [0.25, 0.3) is 0 Å². The molecule has 0 saturated heterocycles. The van der Waals surface area contributed by atoms with E-state index in [2.05, 4.69) is 15.5 Å². The Morgan fingerprint density at radius 2 is 2.16 bits per heavy atom. The highest BCUT2D eigenvalue weighted by atomic mass is 19.3. The highest BCUT2D eigenvalue weighted by molar-refractivity contribution is 5.67. The molecule has 1 aromatic rings. The van der Waals surface area contributed by atoms with Crippen LogP contribution in [-0.2, 0) is 4.79 Å². The van der Waals surface area contributed by atoms with Crippen LogP contribution in [0.2, 0.25) is 0 Å². The topological polar surface area (TPSA) is 80.9 Å². The number of aliphatic carboxylic acids is 1. The highest BCUT2D eigenvalue weighted by Gasteiger charge is 2.37. The van der Waals surface area contributed by atoms with Gasteiger partial charge in [-0.05, 0) is 30.2 Å². The number of hydrogen-bond donors (Lipinski definition) is 1. The van der Waals surface area contributed by atoms with Crippen molar-refractivity contribution in [3.63, 3.8) is 0 Å². The Kier molecular flexibility index (Phi) is 3.77. The first-order valence-corrected chi connectivity index (χ1v) is 6.26. The molecule has 0 bridgehead atoms. The van der Waals surface area contributed by atoms with E-state index in [0.717, 1.165) is 0 Å². The normalized spacial score (nSPS) is 21.2. The second kappa shape index (κ2) is 5.18. The van der Waals surface area contributed by atoms with Crippen LogP contribution in [-0.4, -0.2) is 37.2 Å². The van der Waals surface area contributed by atoms with Gasteiger partial charge >= 0.3 is 5.97 Å². The Labute approximate surface area is 108 Å². The minimum atomic E-state index is -2.60. The number of hydrogen-bond acceptors (Lipinski definition) is 4. The fourth-order valence-electron chi connectivity index (χ4n) is 2.42. The number of carbonyl (C=O) groups is 1. The number of alkyl halides is 2. The molecule has 19 heavy (non-hydrogen) atoms. The standard InChI is InChI=1S/C11H16F2N4O2/c1-7(6-9(18)19)17-10(14-15-16-17)8-2-4-11(12,13)5-3-8/h7-8H,2-6H2,1H3,(H,18,19). The van der Waals surface area contributed by atoms with Crippen LogP contribution in [0.4, 0.5) is 8.78 Å². The van der Waals surface area contributed by atoms with Crippen molar-refractivity contribution < 1.29 is 18.7 Å². The Hall–Kier alpha value is -1.60. The van der Waals surface area contributed by atoms with Crippen LogP contribution in [0.25, 0.3) is 0 Å². The summed E-state index contributed by atoms with van der Waals surface area (Å²) in [7, 11) is 0. The predicted octanol–water partition coefficient (Wildman–Crippen LogP) is 2.00. The maximum atomic E-state index is 13.1. The molecular weight excluding hydrogens is 258 g/mol. The third-order valence-electron chi connectivity index (χ3n) is 3.49. The lowest BCUT2D eigenvalue weighted by molar-refractivity contribution is -0.137. The zero-order chi connectivity index (χ0) is 14.0.